The van der Waals surface area contributed by atoms with Gasteiger partial charge in [-0.2, -0.15) is 0 Å². The fourth-order valence-electron chi connectivity index (χ4n) is 1.45. The molecule has 6 heteroatoms. The lowest BCUT2D eigenvalue weighted by atomic mass is 10.3. The van der Waals surface area contributed by atoms with E-state index in [1.807, 2.05) is 11.8 Å². The van der Waals surface area contributed by atoms with E-state index in [-0.39, 0.29) is 6.61 Å². The molecule has 17 heavy (non-hydrogen) atoms. The fraction of sp³-hybridized carbons (Fsp3) is 0.818. The van der Waals surface area contributed by atoms with Crippen LogP contribution in [-0.2, 0) is 6.54 Å². The van der Waals surface area contributed by atoms with Crippen LogP contribution in [-0.4, -0.2) is 41.5 Å². The predicted octanol–water partition coefficient (Wildman–Crippen LogP) is 0.778. The van der Waals surface area contributed by atoms with Gasteiger partial charge in [-0.15, -0.1) is 5.10 Å². The molecule has 0 aliphatic heterocycles. The first kappa shape index (κ1) is 13.9. The van der Waals surface area contributed by atoms with Gasteiger partial charge in [-0.05, 0) is 13.0 Å². The van der Waals surface area contributed by atoms with Crippen LogP contribution in [0.2, 0.25) is 0 Å². The van der Waals surface area contributed by atoms with Gasteiger partial charge in [0.15, 0.2) is 0 Å². The van der Waals surface area contributed by atoms with E-state index in [1.165, 1.54) is 0 Å². The lowest BCUT2D eigenvalue weighted by Crippen LogP contribution is -2.28. The first-order valence-electron chi connectivity index (χ1n) is 6.20. The highest BCUT2D eigenvalue weighted by Gasteiger charge is 2.13. The Morgan fingerprint density at radius 2 is 2.12 bits per heavy atom. The zero-order chi connectivity index (χ0) is 12.5. The first-order valence-corrected chi connectivity index (χ1v) is 6.20. The van der Waals surface area contributed by atoms with Crippen molar-refractivity contribution in [1.29, 1.82) is 0 Å². The third kappa shape index (κ3) is 4.70. The van der Waals surface area contributed by atoms with Gasteiger partial charge in [0.25, 0.3) is 0 Å². The highest BCUT2D eigenvalue weighted by molar-refractivity contribution is 5.23. The third-order valence-corrected chi connectivity index (χ3v) is 2.40. The zero-order valence-electron chi connectivity index (χ0n) is 10.6. The monoisotopic (exact) mass is 242 g/mol. The first-order chi connectivity index (χ1) is 8.31. The van der Waals surface area contributed by atoms with Gasteiger partial charge in [-0.1, -0.05) is 25.4 Å². The minimum atomic E-state index is 0.0919. The predicted molar refractivity (Wildman–Crippen MR) is 65.9 cm³/mol. The van der Waals surface area contributed by atoms with E-state index in [9.17, 15) is 0 Å². The topological polar surface area (TPSA) is 74.4 Å². The van der Waals surface area contributed by atoms with E-state index in [2.05, 4.69) is 22.4 Å². The summed E-state index contributed by atoms with van der Waals surface area (Å²) in [6, 6.07) is 0.500. The second-order valence-corrected chi connectivity index (χ2v) is 3.82. The molecule has 0 bridgehead atoms. The Kier molecular flexibility index (Phi) is 6.57. The van der Waals surface area contributed by atoms with Crippen molar-refractivity contribution in [2.24, 2.45) is 0 Å². The smallest absolute Gasteiger partial charge is 0.318 e. The number of hydrogen-bond acceptors (Lipinski definition) is 6. The van der Waals surface area contributed by atoms with Crippen LogP contribution in [0.3, 0.4) is 0 Å². The molecule has 0 aliphatic rings. The van der Waals surface area contributed by atoms with Crippen LogP contribution in [0.5, 0.6) is 0 Å². The van der Waals surface area contributed by atoms with E-state index >= 15 is 0 Å². The lowest BCUT2D eigenvalue weighted by Gasteiger charge is -2.18. The average Bonchev–Trinajstić information content (AvgIpc) is 2.80. The van der Waals surface area contributed by atoms with E-state index < -0.39 is 0 Å². The van der Waals surface area contributed by atoms with Crippen molar-refractivity contribution in [2.45, 2.75) is 33.2 Å². The maximum atomic E-state index is 9.00. The van der Waals surface area contributed by atoms with Gasteiger partial charge in [0.2, 0.25) is 5.89 Å². The summed E-state index contributed by atoms with van der Waals surface area (Å²) >= 11 is 0. The van der Waals surface area contributed by atoms with Gasteiger partial charge in [-0.25, -0.2) is 0 Å². The molecular weight excluding hydrogens is 220 g/mol. The number of aliphatic hydroxyl groups excluding tert-OH is 1. The maximum absolute atomic E-state index is 9.00. The molecule has 0 amide bonds. The third-order valence-electron chi connectivity index (χ3n) is 2.40. The number of aromatic nitrogens is 2. The van der Waals surface area contributed by atoms with Crippen LogP contribution in [0, 0.1) is 0 Å². The van der Waals surface area contributed by atoms with Crippen LogP contribution >= 0.6 is 0 Å². The number of unbranched alkanes of at least 4 members (excludes halogenated alkanes) is 1. The molecule has 0 spiro atoms. The molecule has 1 aromatic heterocycles. The molecule has 0 radical (unpaired) electrons. The number of nitrogens with one attached hydrogen (secondary N) is 1. The molecule has 1 aromatic rings. The SMILES string of the molecule is CCCCN(CCO)c1nnc(CNCC)o1. The standard InChI is InChI=1S/C11H22N4O2/c1-3-5-6-15(7-8-16)11-14-13-10(17-11)9-12-4-2/h12,16H,3-9H2,1-2H3. The highest BCUT2D eigenvalue weighted by atomic mass is 16.4. The molecule has 0 aromatic carbocycles. The Labute approximate surface area is 102 Å². The summed E-state index contributed by atoms with van der Waals surface area (Å²) in [5.74, 6) is 0.585. The van der Waals surface area contributed by atoms with Crippen molar-refractivity contribution in [3.05, 3.63) is 5.89 Å². The minimum Gasteiger partial charge on any atom is -0.407 e. The van der Waals surface area contributed by atoms with Crippen molar-refractivity contribution in [2.75, 3.05) is 31.1 Å². The largest absolute Gasteiger partial charge is 0.407 e. The number of anilines is 1. The van der Waals surface area contributed by atoms with Crippen LogP contribution in [0.4, 0.5) is 6.01 Å². The summed E-state index contributed by atoms with van der Waals surface area (Å²) in [6.45, 7) is 7.06. The summed E-state index contributed by atoms with van der Waals surface area (Å²) in [5, 5.41) is 20.1. The Hall–Kier alpha value is -1.14. The van der Waals surface area contributed by atoms with Gasteiger partial charge < -0.3 is 19.7 Å². The zero-order valence-corrected chi connectivity index (χ0v) is 10.6. The molecule has 0 saturated carbocycles. The van der Waals surface area contributed by atoms with Crippen LogP contribution < -0.4 is 10.2 Å². The van der Waals surface area contributed by atoms with Crippen molar-refractivity contribution < 1.29 is 9.52 Å². The minimum absolute atomic E-state index is 0.0919. The summed E-state index contributed by atoms with van der Waals surface area (Å²) in [5.41, 5.74) is 0. The van der Waals surface area contributed by atoms with Crippen molar-refractivity contribution >= 4 is 6.01 Å². The molecule has 0 atom stereocenters. The van der Waals surface area contributed by atoms with Gasteiger partial charge in [-0.3, -0.25) is 0 Å². The number of aliphatic hydroxyl groups is 1. The molecule has 98 valence electrons. The van der Waals surface area contributed by atoms with Crippen molar-refractivity contribution in [3.8, 4) is 0 Å². The molecule has 1 rings (SSSR count). The van der Waals surface area contributed by atoms with E-state index in [4.69, 9.17) is 9.52 Å². The lowest BCUT2D eigenvalue weighted by molar-refractivity contribution is 0.297. The molecule has 6 nitrogen and oxygen atoms in total. The summed E-state index contributed by atoms with van der Waals surface area (Å²) in [4.78, 5) is 1.92. The fourth-order valence-corrected chi connectivity index (χ4v) is 1.45. The Bertz CT molecular complexity index is 303. The van der Waals surface area contributed by atoms with Crippen molar-refractivity contribution in [3.63, 3.8) is 0 Å². The molecule has 2 N–H and O–H groups in total. The van der Waals surface area contributed by atoms with Crippen LogP contribution in [0.15, 0.2) is 4.42 Å². The van der Waals surface area contributed by atoms with E-state index in [0.29, 0.717) is 25.0 Å². The summed E-state index contributed by atoms with van der Waals surface area (Å²) in [6.07, 6.45) is 2.14. The Morgan fingerprint density at radius 1 is 1.29 bits per heavy atom. The van der Waals surface area contributed by atoms with Gasteiger partial charge in [0, 0.05) is 13.1 Å². The Balaban J connectivity index is 2.56. The number of rotatable bonds is 9. The van der Waals surface area contributed by atoms with E-state index in [1.54, 1.807) is 0 Å². The van der Waals surface area contributed by atoms with E-state index in [0.717, 1.165) is 25.9 Å². The molecular formula is C11H22N4O2. The summed E-state index contributed by atoms with van der Waals surface area (Å²) < 4.78 is 5.53. The molecule has 0 fully saturated rings. The second-order valence-electron chi connectivity index (χ2n) is 3.82. The summed E-state index contributed by atoms with van der Waals surface area (Å²) in [7, 11) is 0. The number of hydrogen-bond donors (Lipinski definition) is 2. The van der Waals surface area contributed by atoms with Gasteiger partial charge >= 0.3 is 6.01 Å². The highest BCUT2D eigenvalue weighted by Crippen LogP contribution is 2.12. The van der Waals surface area contributed by atoms with Gasteiger partial charge in [0.05, 0.1) is 13.2 Å². The van der Waals surface area contributed by atoms with Crippen LogP contribution in [0.1, 0.15) is 32.6 Å². The maximum Gasteiger partial charge on any atom is 0.318 e. The second kappa shape index (κ2) is 8.03. The Morgan fingerprint density at radius 3 is 2.76 bits per heavy atom. The van der Waals surface area contributed by atoms with Crippen molar-refractivity contribution in [1.82, 2.24) is 15.5 Å². The number of nitrogens with zero attached hydrogens (tertiary/aromatic N) is 3. The quantitative estimate of drug-likeness (QED) is 0.666. The molecule has 0 saturated heterocycles. The van der Waals surface area contributed by atoms with Crippen LogP contribution in [0.25, 0.3) is 0 Å². The molecule has 1 heterocycles. The average molecular weight is 242 g/mol. The molecule has 0 aliphatic carbocycles. The molecule has 0 unspecified atom stereocenters. The van der Waals surface area contributed by atoms with Gasteiger partial charge in [0.1, 0.15) is 0 Å². The normalized spacial score (nSPS) is 10.8.